The van der Waals surface area contributed by atoms with Crippen molar-refractivity contribution in [3.8, 4) is 17.1 Å². The van der Waals surface area contributed by atoms with E-state index in [9.17, 15) is 9.59 Å². The molecule has 0 aliphatic carbocycles. The number of carbonyl (C=O) groups is 2. The fraction of sp³-hybridized carbons (Fsp3) is 0.111. The molecular formula is C18H13N3O3S. The average Bonchev–Trinajstić information content (AvgIpc) is 3.26. The number of benzene rings is 1. The lowest BCUT2D eigenvalue weighted by Gasteiger charge is -2.14. The molecule has 0 bridgehead atoms. The van der Waals surface area contributed by atoms with E-state index in [0.717, 1.165) is 5.56 Å². The minimum atomic E-state index is -0.290. The van der Waals surface area contributed by atoms with Crippen molar-refractivity contribution in [2.75, 3.05) is 13.2 Å². The van der Waals surface area contributed by atoms with E-state index in [4.69, 9.17) is 4.74 Å². The fourth-order valence-corrected chi connectivity index (χ4v) is 3.34. The number of carbonyl (C=O) groups excluding carboxylic acids is 2. The molecule has 3 heterocycles. The number of fused-ring (bicyclic) bond motifs is 1. The van der Waals surface area contributed by atoms with Gasteiger partial charge in [-0.05, 0) is 23.6 Å². The van der Waals surface area contributed by atoms with Gasteiger partial charge < -0.3 is 4.74 Å². The highest BCUT2D eigenvalue weighted by atomic mass is 32.1. The number of ether oxygens (including phenoxy) is 1. The first-order chi connectivity index (χ1) is 12.3. The summed E-state index contributed by atoms with van der Waals surface area (Å²) in [5.74, 6) is -0.194. The molecule has 0 saturated carbocycles. The van der Waals surface area contributed by atoms with Crippen LogP contribution in [0.15, 0.2) is 53.5 Å². The van der Waals surface area contributed by atoms with Gasteiger partial charge in [0.15, 0.2) is 0 Å². The zero-order valence-corrected chi connectivity index (χ0v) is 13.9. The Morgan fingerprint density at radius 1 is 1.00 bits per heavy atom. The second-order valence-corrected chi connectivity index (χ2v) is 6.16. The van der Waals surface area contributed by atoms with Crippen molar-refractivity contribution in [2.45, 2.75) is 0 Å². The maximum Gasteiger partial charge on any atom is 0.261 e. The van der Waals surface area contributed by atoms with Gasteiger partial charge >= 0.3 is 0 Å². The highest BCUT2D eigenvalue weighted by Gasteiger charge is 2.34. The van der Waals surface area contributed by atoms with Crippen LogP contribution in [0.25, 0.3) is 11.3 Å². The number of thiophene rings is 1. The molecule has 0 unspecified atom stereocenters. The largest absolute Gasteiger partial charge is 0.474 e. The SMILES string of the molecule is O=C1c2ccccc2C(=O)N1CCOc1nccnc1-c1ccsc1. The summed E-state index contributed by atoms with van der Waals surface area (Å²) in [6.45, 7) is 0.313. The maximum absolute atomic E-state index is 12.3. The van der Waals surface area contributed by atoms with Crippen molar-refractivity contribution >= 4 is 23.2 Å². The lowest BCUT2D eigenvalue weighted by atomic mass is 10.1. The van der Waals surface area contributed by atoms with Gasteiger partial charge in [0.05, 0.1) is 17.7 Å². The molecule has 0 N–H and O–H groups in total. The third kappa shape index (κ3) is 2.78. The van der Waals surface area contributed by atoms with Crippen molar-refractivity contribution < 1.29 is 14.3 Å². The lowest BCUT2D eigenvalue weighted by Crippen LogP contribution is -2.33. The van der Waals surface area contributed by atoms with Crippen LogP contribution in [-0.2, 0) is 0 Å². The highest BCUT2D eigenvalue weighted by Crippen LogP contribution is 2.27. The molecule has 2 aromatic heterocycles. The third-order valence-corrected chi connectivity index (χ3v) is 4.57. The Hall–Kier alpha value is -3.06. The second kappa shape index (κ2) is 6.45. The van der Waals surface area contributed by atoms with Crippen LogP contribution in [-0.4, -0.2) is 39.8 Å². The smallest absolute Gasteiger partial charge is 0.261 e. The molecule has 0 radical (unpaired) electrons. The van der Waals surface area contributed by atoms with Crippen molar-refractivity contribution in [3.05, 3.63) is 64.6 Å². The summed E-state index contributed by atoms with van der Waals surface area (Å²) in [5.41, 5.74) is 2.44. The average molecular weight is 351 g/mol. The first kappa shape index (κ1) is 15.5. The Morgan fingerprint density at radius 2 is 1.72 bits per heavy atom. The quantitative estimate of drug-likeness (QED) is 0.661. The summed E-state index contributed by atoms with van der Waals surface area (Å²) in [6, 6.07) is 8.75. The fourth-order valence-electron chi connectivity index (χ4n) is 2.70. The molecular weight excluding hydrogens is 338 g/mol. The van der Waals surface area contributed by atoms with Crippen molar-refractivity contribution in [3.63, 3.8) is 0 Å². The van der Waals surface area contributed by atoms with Crippen LogP contribution >= 0.6 is 11.3 Å². The van der Waals surface area contributed by atoms with Crippen LogP contribution in [0.1, 0.15) is 20.7 Å². The molecule has 2 amide bonds. The minimum Gasteiger partial charge on any atom is -0.474 e. The van der Waals surface area contributed by atoms with Gasteiger partial charge in [-0.1, -0.05) is 12.1 Å². The summed E-state index contributed by atoms with van der Waals surface area (Å²) < 4.78 is 5.70. The van der Waals surface area contributed by atoms with Crippen molar-refractivity contribution in [2.24, 2.45) is 0 Å². The Morgan fingerprint density at radius 3 is 2.40 bits per heavy atom. The van der Waals surface area contributed by atoms with Crippen LogP contribution in [0.5, 0.6) is 5.88 Å². The number of hydrogen-bond donors (Lipinski definition) is 0. The molecule has 6 nitrogen and oxygen atoms in total. The standard InChI is InChI=1S/C18H13N3O3S/c22-17-13-3-1-2-4-14(13)18(23)21(17)8-9-24-16-15(19-6-7-20-16)12-5-10-25-11-12/h1-7,10-11H,8-9H2. The molecule has 1 aromatic carbocycles. The second-order valence-electron chi connectivity index (χ2n) is 5.38. The topological polar surface area (TPSA) is 72.4 Å². The predicted molar refractivity (Wildman–Crippen MR) is 92.6 cm³/mol. The van der Waals surface area contributed by atoms with E-state index in [1.807, 2.05) is 16.8 Å². The van der Waals surface area contributed by atoms with Gasteiger partial charge in [-0.3, -0.25) is 14.5 Å². The molecule has 0 fully saturated rings. The van der Waals surface area contributed by atoms with Crippen LogP contribution in [0.3, 0.4) is 0 Å². The Labute approximate surface area is 147 Å². The molecule has 3 aromatic rings. The molecule has 1 aliphatic rings. The normalized spacial score (nSPS) is 13.2. The number of amides is 2. The van der Waals surface area contributed by atoms with Crippen LogP contribution < -0.4 is 4.74 Å². The number of hydrogen-bond acceptors (Lipinski definition) is 6. The van der Waals surface area contributed by atoms with E-state index in [2.05, 4.69) is 9.97 Å². The number of imide groups is 1. The lowest BCUT2D eigenvalue weighted by molar-refractivity contribution is 0.0630. The van der Waals surface area contributed by atoms with Crippen LogP contribution in [0.2, 0.25) is 0 Å². The number of nitrogens with zero attached hydrogens (tertiary/aromatic N) is 3. The first-order valence-electron chi connectivity index (χ1n) is 7.67. The van der Waals surface area contributed by atoms with Gasteiger partial charge in [0.25, 0.3) is 11.8 Å². The minimum absolute atomic E-state index is 0.154. The van der Waals surface area contributed by atoms with Gasteiger partial charge in [-0.15, -0.1) is 0 Å². The molecule has 4 rings (SSSR count). The van der Waals surface area contributed by atoms with E-state index in [0.29, 0.717) is 22.7 Å². The van der Waals surface area contributed by atoms with Crippen molar-refractivity contribution in [1.29, 1.82) is 0 Å². The van der Waals surface area contributed by atoms with Gasteiger partial charge in [0.1, 0.15) is 12.3 Å². The number of aromatic nitrogens is 2. The van der Waals surface area contributed by atoms with Gasteiger partial charge in [-0.25, -0.2) is 9.97 Å². The van der Waals surface area contributed by atoms with E-state index in [1.54, 1.807) is 48.0 Å². The summed E-state index contributed by atoms with van der Waals surface area (Å²) >= 11 is 1.56. The van der Waals surface area contributed by atoms with Crippen molar-refractivity contribution in [1.82, 2.24) is 14.9 Å². The number of rotatable bonds is 5. The van der Waals surface area contributed by atoms with Gasteiger partial charge in [0.2, 0.25) is 5.88 Å². The molecule has 0 spiro atoms. The Kier molecular flexibility index (Phi) is 3.99. The summed E-state index contributed by atoms with van der Waals surface area (Å²) in [5, 5.41) is 3.91. The third-order valence-electron chi connectivity index (χ3n) is 3.89. The molecule has 0 saturated heterocycles. The predicted octanol–water partition coefficient (Wildman–Crippen LogP) is 2.88. The summed E-state index contributed by atoms with van der Waals surface area (Å²) in [7, 11) is 0. The first-order valence-corrected chi connectivity index (χ1v) is 8.61. The Bertz CT molecular complexity index is 905. The van der Waals surface area contributed by atoms with E-state index >= 15 is 0 Å². The molecule has 7 heteroatoms. The summed E-state index contributed by atoms with van der Waals surface area (Å²) in [4.78, 5) is 34.4. The van der Waals surface area contributed by atoms with E-state index < -0.39 is 0 Å². The van der Waals surface area contributed by atoms with Gasteiger partial charge in [0, 0.05) is 23.3 Å². The summed E-state index contributed by atoms with van der Waals surface area (Å²) in [6.07, 6.45) is 3.15. The molecule has 124 valence electrons. The molecule has 1 aliphatic heterocycles. The highest BCUT2D eigenvalue weighted by molar-refractivity contribution is 7.08. The monoisotopic (exact) mass is 351 g/mol. The zero-order chi connectivity index (χ0) is 17.2. The van der Waals surface area contributed by atoms with Crippen LogP contribution in [0, 0.1) is 0 Å². The van der Waals surface area contributed by atoms with E-state index in [1.165, 1.54) is 4.90 Å². The maximum atomic E-state index is 12.3. The molecule has 0 atom stereocenters. The van der Waals surface area contributed by atoms with Gasteiger partial charge in [-0.2, -0.15) is 11.3 Å². The molecule has 25 heavy (non-hydrogen) atoms. The van der Waals surface area contributed by atoms with Crippen LogP contribution in [0.4, 0.5) is 0 Å². The van der Waals surface area contributed by atoms with E-state index in [-0.39, 0.29) is 25.0 Å². The zero-order valence-electron chi connectivity index (χ0n) is 13.1. The Balaban J connectivity index is 1.46.